The largest absolute Gasteiger partial charge is 1.00 e. The number of hydrogen-bond acceptors (Lipinski definition) is 19. The molecule has 3 heterocycles. The molecule has 23 heteroatoms. The van der Waals surface area contributed by atoms with Gasteiger partial charge in [0.25, 0.3) is 0 Å². The minimum Gasteiger partial charge on any atom is -0.466 e. The number of benzene rings is 1. The van der Waals surface area contributed by atoms with Crippen LogP contribution in [0.2, 0.25) is 0 Å². The molecule has 0 radical (unpaired) electrons. The van der Waals surface area contributed by atoms with E-state index in [2.05, 4.69) is 4.24 Å². The number of aliphatic hydroxyl groups excluding tert-OH is 2. The maximum atomic E-state index is 14.3. The summed E-state index contributed by atoms with van der Waals surface area (Å²) in [6.07, 6.45) is -11.1. The van der Waals surface area contributed by atoms with Gasteiger partial charge in [0.1, 0.15) is 33.6 Å². The van der Waals surface area contributed by atoms with Crippen LogP contribution < -0.4 is 29.6 Å². The minimum atomic E-state index is -3.62. The van der Waals surface area contributed by atoms with Gasteiger partial charge in [-0.1, -0.05) is 45.4 Å². The first kappa shape index (κ1) is 67.2. The summed E-state index contributed by atoms with van der Waals surface area (Å²) in [6, 6.07) is 5.87. The van der Waals surface area contributed by atoms with Crippen LogP contribution in [-0.2, 0) is 67.1 Å². The van der Waals surface area contributed by atoms with Gasteiger partial charge in [0.15, 0.2) is 18.7 Å². The van der Waals surface area contributed by atoms with Crippen molar-refractivity contribution in [3.8, 4) is 0 Å². The Morgan fingerprint density at radius 1 is 0.877 bits per heavy atom. The topological polar surface area (TPSA) is 275 Å². The summed E-state index contributed by atoms with van der Waals surface area (Å²) in [5.41, 5.74) is -4.07. The van der Waals surface area contributed by atoms with E-state index in [-0.39, 0.29) is 73.2 Å². The van der Waals surface area contributed by atoms with Crippen molar-refractivity contribution in [2.75, 3.05) is 27.8 Å². The number of aryl methyl sites for hydroxylation is 1. The van der Waals surface area contributed by atoms with E-state index in [4.69, 9.17) is 49.7 Å². The van der Waals surface area contributed by atoms with Gasteiger partial charge < -0.3 is 67.5 Å². The number of Topliss-reactive ketones (excluding diaryl/α,β-unsaturated/α-hetero) is 1. The van der Waals surface area contributed by atoms with Gasteiger partial charge in [-0.15, -0.1) is 0 Å². The number of aliphatic hydroxyl groups is 4. The quantitative estimate of drug-likeness (QED) is 0.118. The van der Waals surface area contributed by atoms with Gasteiger partial charge >= 0.3 is 47.5 Å². The molecule has 20 nitrogen and oxygen atoms in total. The Balaban J connectivity index is 0.00000122. The minimum absolute atomic E-state index is 0. The molecule has 4 rings (SSSR count). The van der Waals surface area contributed by atoms with Gasteiger partial charge in [-0.2, -0.15) is 0 Å². The van der Waals surface area contributed by atoms with E-state index in [0.29, 0.717) is 6.42 Å². The van der Waals surface area contributed by atoms with Crippen LogP contribution >= 0.6 is 11.8 Å². The van der Waals surface area contributed by atoms with E-state index in [1.807, 2.05) is 32.8 Å². The van der Waals surface area contributed by atoms with Gasteiger partial charge in [0, 0.05) is 36.2 Å². The summed E-state index contributed by atoms with van der Waals surface area (Å²) in [5.74, 6) is -6.64. The number of halogens is 1. The molecular weight excluding hydrogens is 1010 g/mol. The first-order valence-corrected chi connectivity index (χ1v) is 26.5. The van der Waals surface area contributed by atoms with Crippen LogP contribution in [0.25, 0.3) is 4.24 Å². The molecule has 18 atom stereocenters. The third-order valence-electron chi connectivity index (χ3n) is 14.3. The number of carbonyl (C=O) groups is 4. The van der Waals surface area contributed by atoms with Crippen LogP contribution in [0.5, 0.6) is 0 Å². The van der Waals surface area contributed by atoms with Crippen molar-refractivity contribution in [1.29, 1.82) is 0 Å². The number of hydrogen-bond donors (Lipinski definition) is 4. The average Bonchev–Trinajstić information content (AvgIpc) is 3.31. The number of sulfonamides is 1. The van der Waals surface area contributed by atoms with Gasteiger partial charge in [-0.25, -0.2) is 8.42 Å². The summed E-state index contributed by atoms with van der Waals surface area (Å²) in [7, 11) is 1.47. The molecule has 3 fully saturated rings. The van der Waals surface area contributed by atoms with Crippen molar-refractivity contribution in [1.82, 2.24) is 4.90 Å². The molecule has 0 unspecified atom stereocenters. The van der Waals surface area contributed by atoms with Gasteiger partial charge in [0.05, 0.1) is 73.1 Å². The van der Waals surface area contributed by atoms with Crippen LogP contribution in [0.1, 0.15) is 120 Å². The molecule has 73 heavy (non-hydrogen) atoms. The zero-order valence-electron chi connectivity index (χ0n) is 45.6. The van der Waals surface area contributed by atoms with Crippen LogP contribution in [0.15, 0.2) is 29.2 Å². The Hall–Kier alpha value is -1.90. The third kappa shape index (κ3) is 17.6. The van der Waals surface area contributed by atoms with Gasteiger partial charge in [-0.3, -0.25) is 31.0 Å². The number of cyclic esters (lactones) is 1. The molecule has 3 aliphatic heterocycles. The standard InChI is InChI=1S/C43H75NO16.C7H7ClNO2S.Na/c1-15-29-43(11,52)36(48)24(5)33(47)22(3)20-41(9,51)38(25(6)34(26(7)39(50)57-29)59-32-21-42(10,53-14)37(49)27(8)56-32)60-40-35(28(44(12)13)19-23(4)55-40)58-31(46)18-17-30(45)54-16-2;1-6-2-4-7(5-3-6)12(10,11)9-8;/h22-29,32,34-38,40,48-49,51-52H,15-21H2,1-14H3;2-5H,1H3;/q;-1;+1/t22-,23-,24+,25+,26-,27+,28+,29-,32+,34+,35-,36-,37+,38-,40+,41-,42-,43-;;/m1../s1. The smallest absolute Gasteiger partial charge is 0.466 e. The summed E-state index contributed by atoms with van der Waals surface area (Å²) in [5, 5.41) is 46.8. The molecule has 0 bridgehead atoms. The maximum Gasteiger partial charge on any atom is 1.00 e. The van der Waals surface area contributed by atoms with Crippen LogP contribution in [0, 0.1) is 30.6 Å². The second-order valence-electron chi connectivity index (χ2n) is 20.6. The summed E-state index contributed by atoms with van der Waals surface area (Å²) >= 11 is 4.90. The normalized spacial score (nSPS) is 37.9. The number of ether oxygens (including phenoxy) is 8. The number of methoxy groups -OCH3 is 1. The molecule has 0 saturated carbocycles. The molecular formula is C50H82ClN2NaO18S. The molecule has 3 saturated heterocycles. The van der Waals surface area contributed by atoms with Crippen molar-refractivity contribution in [2.45, 2.75) is 211 Å². The van der Waals surface area contributed by atoms with Crippen molar-refractivity contribution < 1.29 is 115 Å². The summed E-state index contributed by atoms with van der Waals surface area (Å²) in [6.45, 7) is 19.8. The van der Waals surface area contributed by atoms with Crippen LogP contribution in [0.4, 0.5) is 0 Å². The molecule has 1 aromatic carbocycles. The Morgan fingerprint density at radius 2 is 1.47 bits per heavy atom. The van der Waals surface area contributed by atoms with E-state index < -0.39 is 142 Å². The molecule has 414 valence electrons. The Labute approximate surface area is 459 Å². The van der Waals surface area contributed by atoms with Gasteiger partial charge in [0.2, 0.25) is 0 Å². The van der Waals surface area contributed by atoms with Crippen LogP contribution in [-0.4, -0.2) is 170 Å². The van der Waals surface area contributed by atoms with Crippen molar-refractivity contribution in [3.05, 3.63) is 34.1 Å². The maximum absolute atomic E-state index is 14.3. The average molecular weight is 1090 g/mol. The number of rotatable bonds is 14. The van der Waals surface area contributed by atoms with Crippen LogP contribution in [0.3, 0.4) is 0 Å². The number of esters is 3. The summed E-state index contributed by atoms with van der Waals surface area (Å²) < 4.78 is 73.6. The fourth-order valence-corrected chi connectivity index (χ4v) is 10.7. The molecule has 1 aromatic rings. The fraction of sp³-hybridized carbons (Fsp3) is 0.800. The van der Waals surface area contributed by atoms with E-state index in [9.17, 15) is 48.0 Å². The Kier molecular flexibility index (Phi) is 26.4. The van der Waals surface area contributed by atoms with E-state index in [0.717, 1.165) is 5.56 Å². The number of ketones is 1. The molecule has 0 aromatic heterocycles. The fourth-order valence-electron chi connectivity index (χ4n) is 9.92. The van der Waals surface area contributed by atoms with E-state index in [1.165, 1.54) is 40.0 Å². The first-order chi connectivity index (χ1) is 33.3. The second kappa shape index (κ2) is 28.6. The zero-order chi connectivity index (χ0) is 54.8. The Morgan fingerprint density at radius 3 is 2.00 bits per heavy atom. The molecule has 0 spiro atoms. The predicted molar refractivity (Wildman–Crippen MR) is 264 cm³/mol. The second-order valence-corrected chi connectivity index (χ2v) is 22.6. The first-order valence-electron chi connectivity index (χ1n) is 24.7. The van der Waals surface area contributed by atoms with Crippen molar-refractivity contribution >= 4 is 45.5 Å². The number of carbonyl (C=O) groups excluding carboxylic acids is 4. The molecule has 0 aliphatic carbocycles. The molecule has 3 aliphatic rings. The van der Waals surface area contributed by atoms with E-state index in [1.54, 1.807) is 60.6 Å². The third-order valence-corrected chi connectivity index (χ3v) is 15.9. The van der Waals surface area contributed by atoms with Crippen molar-refractivity contribution in [2.24, 2.45) is 23.7 Å². The summed E-state index contributed by atoms with van der Waals surface area (Å²) in [4.78, 5) is 55.7. The SMILES string of the molecule is CCOC(=O)CCC(=O)O[C@H]1[C@H](O[C@@H]2[C@@H](C)[C@H](O[C@H]3C[C@@](C)(OC)[C@@H](O)[C@H](C)O3)[C@@H](C)C(=O)O[C@H](CC)[C@@](C)(O)[C@H](O)[C@@H](C)C(=O)[C@H](C)C[C@@]2(C)O)O[C@H](C)C[C@@H]1N(C)C.Cc1ccc(S(=O)(=O)[N-]Cl)cc1.[Na+]. The van der Waals surface area contributed by atoms with Gasteiger partial charge in [-0.05, 0) is 101 Å². The number of likely N-dealkylation sites (N-methyl/N-ethyl adjacent to an activating group) is 1. The predicted octanol–water partition coefficient (Wildman–Crippen LogP) is 1.90. The van der Waals surface area contributed by atoms with Crippen molar-refractivity contribution in [3.63, 3.8) is 0 Å². The molecule has 4 N–H and O–H groups in total. The zero-order valence-corrected chi connectivity index (χ0v) is 49.2. The van der Waals surface area contributed by atoms with E-state index >= 15 is 0 Å². The molecule has 0 amide bonds. The monoisotopic (exact) mass is 1090 g/mol. The Bertz CT molecular complexity index is 2050. The number of nitrogens with zero attached hydrogens (tertiary/aromatic N) is 2.